The molecule has 13 heavy (non-hydrogen) atoms. The third-order valence-corrected chi connectivity index (χ3v) is 2.10. The molecular formula is C9H14ClN3. The average Bonchev–Trinajstić information content (AvgIpc) is 2.08. The summed E-state index contributed by atoms with van der Waals surface area (Å²) >= 11 is 5.77. The molecule has 1 rings (SSSR count). The molecule has 0 aromatic heterocycles. The molecule has 1 unspecified atom stereocenters. The molecule has 3 N–H and O–H groups in total. The second-order valence-electron chi connectivity index (χ2n) is 2.90. The third kappa shape index (κ3) is 2.57. The number of halogens is 1. The first-order valence-corrected chi connectivity index (χ1v) is 4.65. The lowest BCUT2D eigenvalue weighted by Crippen LogP contribution is -2.39. The summed E-state index contributed by atoms with van der Waals surface area (Å²) in [6.07, 6.45) is 2.70. The zero-order valence-electron chi connectivity index (χ0n) is 7.68. The lowest BCUT2D eigenvalue weighted by atomic mass is 10.0. The quantitative estimate of drug-likeness (QED) is 0.675. The summed E-state index contributed by atoms with van der Waals surface area (Å²) in [5, 5.41) is 3.76. The van der Waals surface area contributed by atoms with E-state index in [0.29, 0.717) is 10.9 Å². The van der Waals surface area contributed by atoms with Crippen molar-refractivity contribution in [2.45, 2.75) is 19.4 Å². The van der Waals surface area contributed by atoms with Gasteiger partial charge in [0.15, 0.2) is 0 Å². The van der Waals surface area contributed by atoms with E-state index in [4.69, 9.17) is 17.3 Å². The number of aliphatic imine (C=N–C) groups is 1. The van der Waals surface area contributed by atoms with E-state index in [2.05, 4.69) is 16.9 Å². The average molecular weight is 200 g/mol. The Morgan fingerprint density at radius 1 is 1.92 bits per heavy atom. The molecule has 0 saturated heterocycles. The van der Waals surface area contributed by atoms with Gasteiger partial charge >= 0.3 is 0 Å². The van der Waals surface area contributed by atoms with Gasteiger partial charge in [-0.1, -0.05) is 25.1 Å². The first-order chi connectivity index (χ1) is 6.15. The summed E-state index contributed by atoms with van der Waals surface area (Å²) < 4.78 is 0. The van der Waals surface area contributed by atoms with Crippen LogP contribution < -0.4 is 11.1 Å². The molecule has 1 atom stereocenters. The van der Waals surface area contributed by atoms with E-state index in [9.17, 15) is 0 Å². The number of hydrogen-bond acceptors (Lipinski definition) is 3. The molecule has 0 fully saturated rings. The molecule has 72 valence electrons. The van der Waals surface area contributed by atoms with Gasteiger partial charge in [0.2, 0.25) is 0 Å². The number of nitrogens with zero attached hydrogens (tertiary/aromatic N) is 1. The predicted molar refractivity (Wildman–Crippen MR) is 56.8 cm³/mol. The Hall–Kier alpha value is -0.800. The van der Waals surface area contributed by atoms with E-state index in [0.717, 1.165) is 18.7 Å². The first kappa shape index (κ1) is 10.3. The van der Waals surface area contributed by atoms with Crippen molar-refractivity contribution in [3.8, 4) is 0 Å². The monoisotopic (exact) mass is 199 g/mol. The summed E-state index contributed by atoms with van der Waals surface area (Å²) in [4.78, 5) is 4.14. The van der Waals surface area contributed by atoms with Crippen LogP contribution in [0.3, 0.4) is 0 Å². The topological polar surface area (TPSA) is 50.4 Å². The summed E-state index contributed by atoms with van der Waals surface area (Å²) in [5.74, 6) is 0. The number of nitrogens with one attached hydrogen (secondary N) is 1. The summed E-state index contributed by atoms with van der Waals surface area (Å²) in [6, 6.07) is 0.157. The van der Waals surface area contributed by atoms with E-state index in [1.165, 1.54) is 0 Å². The molecule has 0 aliphatic carbocycles. The van der Waals surface area contributed by atoms with Gasteiger partial charge in [-0.3, -0.25) is 0 Å². The standard InChI is InChI=1S/C9H14ClN3/c1-3-12-7-4-5-8(10)13-9(7)6(2)11/h5,7,12H,2-4,11H2,1H3. The van der Waals surface area contributed by atoms with E-state index in [1.807, 2.05) is 13.0 Å². The molecular weight excluding hydrogens is 186 g/mol. The highest BCUT2D eigenvalue weighted by atomic mass is 35.5. The fourth-order valence-corrected chi connectivity index (χ4v) is 1.47. The van der Waals surface area contributed by atoms with Crippen LogP contribution in [0.1, 0.15) is 13.3 Å². The van der Waals surface area contributed by atoms with Crippen molar-refractivity contribution in [2.24, 2.45) is 10.7 Å². The zero-order valence-corrected chi connectivity index (χ0v) is 8.43. The van der Waals surface area contributed by atoms with Gasteiger partial charge < -0.3 is 11.1 Å². The number of nitrogens with two attached hydrogens (primary N) is 1. The Balaban J connectivity index is 2.80. The van der Waals surface area contributed by atoms with E-state index in [1.54, 1.807) is 0 Å². The zero-order chi connectivity index (χ0) is 9.84. The van der Waals surface area contributed by atoms with Crippen molar-refractivity contribution >= 4 is 17.3 Å². The molecule has 0 amide bonds. The van der Waals surface area contributed by atoms with Gasteiger partial charge in [-0.2, -0.15) is 0 Å². The molecule has 3 nitrogen and oxygen atoms in total. The molecule has 0 aromatic carbocycles. The van der Waals surface area contributed by atoms with Crippen LogP contribution >= 0.6 is 11.6 Å². The van der Waals surface area contributed by atoms with Crippen LogP contribution in [-0.4, -0.2) is 18.3 Å². The van der Waals surface area contributed by atoms with Crippen molar-refractivity contribution in [3.05, 3.63) is 23.5 Å². The van der Waals surface area contributed by atoms with Crippen molar-refractivity contribution in [1.82, 2.24) is 5.32 Å². The van der Waals surface area contributed by atoms with Crippen molar-refractivity contribution < 1.29 is 0 Å². The maximum absolute atomic E-state index is 5.77. The molecule has 1 aliphatic heterocycles. The SMILES string of the molecule is C=C(N)C1=NC(Cl)=CCC1NCC. The Kier molecular flexibility index (Phi) is 3.51. The van der Waals surface area contributed by atoms with Gasteiger partial charge in [-0.05, 0) is 19.0 Å². The van der Waals surface area contributed by atoms with E-state index < -0.39 is 0 Å². The summed E-state index contributed by atoms with van der Waals surface area (Å²) in [7, 11) is 0. The van der Waals surface area contributed by atoms with Crippen LogP contribution in [0.4, 0.5) is 0 Å². The van der Waals surface area contributed by atoms with E-state index >= 15 is 0 Å². The Morgan fingerprint density at radius 3 is 3.15 bits per heavy atom. The lowest BCUT2D eigenvalue weighted by Gasteiger charge is -2.21. The van der Waals surface area contributed by atoms with Crippen LogP contribution in [0, 0.1) is 0 Å². The second kappa shape index (κ2) is 4.44. The normalized spacial score (nSPS) is 22.2. The highest BCUT2D eigenvalue weighted by Crippen LogP contribution is 2.16. The fraction of sp³-hybridized carbons (Fsp3) is 0.444. The van der Waals surface area contributed by atoms with Crippen LogP contribution in [0.2, 0.25) is 0 Å². The molecule has 0 aromatic rings. The van der Waals surface area contributed by atoms with Gasteiger partial charge in [0.05, 0.1) is 11.8 Å². The van der Waals surface area contributed by atoms with Crippen LogP contribution in [0.25, 0.3) is 0 Å². The first-order valence-electron chi connectivity index (χ1n) is 4.27. The van der Waals surface area contributed by atoms with Crippen molar-refractivity contribution in [3.63, 3.8) is 0 Å². The molecule has 1 heterocycles. The van der Waals surface area contributed by atoms with Crippen molar-refractivity contribution in [1.29, 1.82) is 0 Å². The number of hydrogen-bond donors (Lipinski definition) is 2. The maximum atomic E-state index is 5.77. The Bertz CT molecular complexity index is 268. The lowest BCUT2D eigenvalue weighted by molar-refractivity contribution is 0.641. The Morgan fingerprint density at radius 2 is 2.62 bits per heavy atom. The molecule has 0 spiro atoms. The van der Waals surface area contributed by atoms with Crippen LogP contribution in [-0.2, 0) is 0 Å². The highest BCUT2D eigenvalue weighted by Gasteiger charge is 2.18. The van der Waals surface area contributed by atoms with Crippen LogP contribution in [0.15, 0.2) is 28.5 Å². The largest absolute Gasteiger partial charge is 0.398 e. The van der Waals surface area contributed by atoms with E-state index in [-0.39, 0.29) is 6.04 Å². The summed E-state index contributed by atoms with van der Waals surface area (Å²) in [6.45, 7) is 6.58. The summed E-state index contributed by atoms with van der Waals surface area (Å²) in [5.41, 5.74) is 6.84. The maximum Gasteiger partial charge on any atom is 0.125 e. The van der Waals surface area contributed by atoms with Crippen LogP contribution in [0.5, 0.6) is 0 Å². The van der Waals surface area contributed by atoms with Gasteiger partial charge in [0.25, 0.3) is 0 Å². The second-order valence-corrected chi connectivity index (χ2v) is 3.28. The Labute approximate surface area is 83.4 Å². The fourth-order valence-electron chi connectivity index (χ4n) is 1.29. The van der Waals surface area contributed by atoms with Gasteiger partial charge in [0.1, 0.15) is 5.16 Å². The minimum absolute atomic E-state index is 0.157. The van der Waals surface area contributed by atoms with Crippen molar-refractivity contribution in [2.75, 3.05) is 6.54 Å². The van der Waals surface area contributed by atoms with Gasteiger partial charge in [-0.15, -0.1) is 0 Å². The van der Waals surface area contributed by atoms with Gasteiger partial charge in [-0.25, -0.2) is 4.99 Å². The third-order valence-electron chi connectivity index (χ3n) is 1.86. The smallest absolute Gasteiger partial charge is 0.125 e. The predicted octanol–water partition coefficient (Wildman–Crippen LogP) is 1.36. The van der Waals surface area contributed by atoms with Gasteiger partial charge in [0, 0.05) is 5.70 Å². The highest BCUT2D eigenvalue weighted by molar-refractivity contribution is 6.30. The number of rotatable bonds is 3. The molecule has 0 saturated carbocycles. The minimum atomic E-state index is 0.157. The molecule has 0 bridgehead atoms. The molecule has 0 radical (unpaired) electrons. The molecule has 4 heteroatoms. The minimum Gasteiger partial charge on any atom is -0.398 e. The molecule has 1 aliphatic rings.